The summed E-state index contributed by atoms with van der Waals surface area (Å²) in [6, 6.07) is 17.3. The Morgan fingerprint density at radius 1 is 0.857 bits per heavy atom. The molecule has 8 nitrogen and oxygen atoms in total. The van der Waals surface area contributed by atoms with Crippen LogP contribution in [0.2, 0.25) is 0 Å². The second-order valence-corrected chi connectivity index (χ2v) is 9.78. The van der Waals surface area contributed by atoms with E-state index >= 15 is 0 Å². The van der Waals surface area contributed by atoms with Gasteiger partial charge in [-0.1, -0.05) is 24.3 Å². The smallest absolute Gasteiger partial charge is 0.338 e. The molecule has 0 heterocycles. The van der Waals surface area contributed by atoms with E-state index in [1.54, 1.807) is 37.3 Å². The van der Waals surface area contributed by atoms with Crippen molar-refractivity contribution in [1.29, 1.82) is 0 Å². The molecule has 3 rings (SSSR count). The highest BCUT2D eigenvalue weighted by Gasteiger charge is 2.20. The number of anilines is 2. The number of nitrogens with one attached hydrogen (secondary N) is 2. The van der Waals surface area contributed by atoms with Crippen LogP contribution in [0.5, 0.6) is 0 Å². The number of carbonyl (C=O) groups is 3. The van der Waals surface area contributed by atoms with Crippen molar-refractivity contribution in [2.75, 3.05) is 10.0 Å². The lowest BCUT2D eigenvalue weighted by atomic mass is 10.1. The Morgan fingerprint density at radius 3 is 2.20 bits per heavy atom. The van der Waals surface area contributed by atoms with Crippen LogP contribution in [0.4, 0.5) is 11.4 Å². The second kappa shape index (κ2) is 10.5. The van der Waals surface area contributed by atoms with Gasteiger partial charge in [0.05, 0.1) is 10.5 Å². The molecular weight excluding hydrogens is 468 g/mol. The molecule has 9 heteroatoms. The van der Waals surface area contributed by atoms with Crippen molar-refractivity contribution in [2.24, 2.45) is 0 Å². The van der Waals surface area contributed by atoms with Crippen LogP contribution in [-0.4, -0.2) is 32.2 Å². The first kappa shape index (κ1) is 25.6. The fraction of sp³-hybridized carbons (Fsp3) is 0.192. The summed E-state index contributed by atoms with van der Waals surface area (Å²) >= 11 is 0. The molecule has 1 amide bonds. The average molecular weight is 495 g/mol. The number of rotatable bonds is 8. The van der Waals surface area contributed by atoms with Crippen molar-refractivity contribution in [2.45, 2.75) is 38.7 Å². The van der Waals surface area contributed by atoms with E-state index in [1.807, 2.05) is 13.0 Å². The van der Waals surface area contributed by atoms with Crippen LogP contribution in [-0.2, 0) is 19.6 Å². The highest BCUT2D eigenvalue weighted by atomic mass is 32.2. The molecule has 0 aliphatic carbocycles. The van der Waals surface area contributed by atoms with E-state index in [4.69, 9.17) is 4.74 Å². The maximum atomic E-state index is 12.8. The summed E-state index contributed by atoms with van der Waals surface area (Å²) < 4.78 is 33.2. The van der Waals surface area contributed by atoms with E-state index in [-0.39, 0.29) is 21.9 Å². The van der Waals surface area contributed by atoms with Gasteiger partial charge in [-0.05, 0) is 81.3 Å². The number of esters is 1. The predicted molar refractivity (Wildman–Crippen MR) is 133 cm³/mol. The molecule has 0 spiro atoms. The number of hydrogen-bond donors (Lipinski definition) is 2. The molecule has 0 saturated carbocycles. The lowest BCUT2D eigenvalue weighted by Crippen LogP contribution is -2.30. The highest BCUT2D eigenvalue weighted by Crippen LogP contribution is 2.21. The lowest BCUT2D eigenvalue weighted by molar-refractivity contribution is -0.123. The van der Waals surface area contributed by atoms with Crippen molar-refractivity contribution in [1.82, 2.24) is 0 Å². The molecule has 3 aromatic carbocycles. The molecule has 0 aliphatic heterocycles. The Kier molecular flexibility index (Phi) is 7.71. The molecule has 0 bridgehead atoms. The zero-order valence-electron chi connectivity index (χ0n) is 19.8. The Labute approximate surface area is 204 Å². The number of benzene rings is 3. The largest absolute Gasteiger partial charge is 0.449 e. The third kappa shape index (κ3) is 6.54. The monoisotopic (exact) mass is 494 g/mol. The number of Topliss-reactive ketones (excluding diaryl/α,β-unsaturated/α-hetero) is 1. The second-order valence-electron chi connectivity index (χ2n) is 8.13. The van der Waals surface area contributed by atoms with Crippen LogP contribution in [0.15, 0.2) is 71.6 Å². The fourth-order valence-electron chi connectivity index (χ4n) is 3.22. The average Bonchev–Trinajstić information content (AvgIpc) is 2.80. The molecule has 0 aromatic heterocycles. The molecule has 1 unspecified atom stereocenters. The van der Waals surface area contributed by atoms with E-state index in [1.165, 1.54) is 44.2 Å². The third-order valence-electron chi connectivity index (χ3n) is 5.20. The third-order valence-corrected chi connectivity index (χ3v) is 6.72. The first-order chi connectivity index (χ1) is 16.5. The lowest BCUT2D eigenvalue weighted by Gasteiger charge is -2.14. The standard InChI is InChI=1S/C26H26N2O6S/c1-16-8-9-17(2)24(14-16)35(32,33)28-22-12-10-20(11-13-22)26(31)34-19(4)25(30)27-23-7-5-6-21(15-23)18(3)29/h5-15,19,28H,1-4H3,(H,27,30). The van der Waals surface area contributed by atoms with Crippen LogP contribution >= 0.6 is 0 Å². The van der Waals surface area contributed by atoms with Crippen LogP contribution in [0, 0.1) is 13.8 Å². The van der Waals surface area contributed by atoms with E-state index in [0.717, 1.165) is 5.56 Å². The number of ether oxygens (including phenoxy) is 1. The molecule has 0 radical (unpaired) electrons. The quantitative estimate of drug-likeness (QED) is 0.352. The van der Waals surface area contributed by atoms with Gasteiger partial charge in [0.1, 0.15) is 0 Å². The number of ketones is 1. The zero-order chi connectivity index (χ0) is 25.8. The maximum Gasteiger partial charge on any atom is 0.338 e. The van der Waals surface area contributed by atoms with Gasteiger partial charge in [0, 0.05) is 16.9 Å². The van der Waals surface area contributed by atoms with Gasteiger partial charge in [0.2, 0.25) is 0 Å². The minimum Gasteiger partial charge on any atom is -0.449 e. The molecule has 35 heavy (non-hydrogen) atoms. The number of hydrogen-bond acceptors (Lipinski definition) is 6. The Balaban J connectivity index is 1.63. The molecular formula is C26H26N2O6S. The predicted octanol–water partition coefficient (Wildman–Crippen LogP) is 4.49. The van der Waals surface area contributed by atoms with E-state index in [0.29, 0.717) is 16.8 Å². The molecule has 182 valence electrons. The Morgan fingerprint density at radius 2 is 1.54 bits per heavy atom. The van der Waals surface area contributed by atoms with E-state index in [9.17, 15) is 22.8 Å². The topological polar surface area (TPSA) is 119 Å². The normalized spacial score (nSPS) is 11.9. The number of sulfonamides is 1. The number of aryl methyl sites for hydroxylation is 2. The summed E-state index contributed by atoms with van der Waals surface area (Å²) in [6.45, 7) is 6.37. The van der Waals surface area contributed by atoms with Crippen molar-refractivity contribution in [3.8, 4) is 0 Å². The van der Waals surface area contributed by atoms with Gasteiger partial charge in [-0.3, -0.25) is 14.3 Å². The first-order valence-electron chi connectivity index (χ1n) is 10.8. The maximum absolute atomic E-state index is 12.8. The summed E-state index contributed by atoms with van der Waals surface area (Å²) in [5.41, 5.74) is 2.71. The van der Waals surface area contributed by atoms with Crippen molar-refractivity contribution >= 4 is 39.1 Å². The summed E-state index contributed by atoms with van der Waals surface area (Å²) in [7, 11) is -3.81. The highest BCUT2D eigenvalue weighted by molar-refractivity contribution is 7.92. The van der Waals surface area contributed by atoms with Crippen LogP contribution in [0.25, 0.3) is 0 Å². The van der Waals surface area contributed by atoms with Gasteiger partial charge in [0.15, 0.2) is 11.9 Å². The van der Waals surface area contributed by atoms with Crippen LogP contribution < -0.4 is 10.0 Å². The summed E-state index contributed by atoms with van der Waals surface area (Å²) in [4.78, 5) is 36.6. The summed E-state index contributed by atoms with van der Waals surface area (Å²) in [5.74, 6) is -1.44. The molecule has 2 N–H and O–H groups in total. The number of amides is 1. The SMILES string of the molecule is CC(=O)c1cccc(NC(=O)C(C)OC(=O)c2ccc(NS(=O)(=O)c3cc(C)ccc3C)cc2)c1. The van der Waals surface area contributed by atoms with Gasteiger partial charge in [-0.25, -0.2) is 13.2 Å². The van der Waals surface area contributed by atoms with Gasteiger partial charge >= 0.3 is 5.97 Å². The summed E-state index contributed by atoms with van der Waals surface area (Å²) in [5, 5.41) is 2.61. The van der Waals surface area contributed by atoms with E-state index < -0.39 is 28.0 Å². The number of carbonyl (C=O) groups excluding carboxylic acids is 3. The van der Waals surface area contributed by atoms with Gasteiger partial charge in [0.25, 0.3) is 15.9 Å². The molecule has 3 aromatic rings. The Bertz CT molecular complexity index is 1380. The van der Waals surface area contributed by atoms with Gasteiger partial charge in [-0.2, -0.15) is 0 Å². The fourth-order valence-corrected chi connectivity index (χ4v) is 4.61. The van der Waals surface area contributed by atoms with Gasteiger partial charge in [-0.15, -0.1) is 0 Å². The molecule has 0 fully saturated rings. The van der Waals surface area contributed by atoms with Crippen LogP contribution in [0.3, 0.4) is 0 Å². The zero-order valence-corrected chi connectivity index (χ0v) is 20.6. The summed E-state index contributed by atoms with van der Waals surface area (Å²) in [6.07, 6.45) is -1.11. The minimum atomic E-state index is -3.81. The van der Waals surface area contributed by atoms with Gasteiger partial charge < -0.3 is 10.1 Å². The molecule has 1 atom stereocenters. The van der Waals surface area contributed by atoms with Crippen molar-refractivity contribution in [3.63, 3.8) is 0 Å². The first-order valence-corrected chi connectivity index (χ1v) is 12.3. The van der Waals surface area contributed by atoms with Crippen LogP contribution in [0.1, 0.15) is 45.7 Å². The van der Waals surface area contributed by atoms with Crippen molar-refractivity contribution < 1.29 is 27.5 Å². The molecule has 0 aliphatic rings. The minimum absolute atomic E-state index is 0.139. The Hall–Kier alpha value is -3.98. The van der Waals surface area contributed by atoms with E-state index in [2.05, 4.69) is 10.0 Å². The van der Waals surface area contributed by atoms with Crippen molar-refractivity contribution in [3.05, 3.63) is 89.0 Å². The molecule has 0 saturated heterocycles.